The van der Waals surface area contributed by atoms with Crippen molar-refractivity contribution in [2.24, 2.45) is 5.73 Å². The average molecular weight is 280 g/mol. The maximum atomic E-state index is 5.95. The van der Waals surface area contributed by atoms with Gasteiger partial charge in [-0.05, 0) is 62.1 Å². The molecule has 2 N–H and O–H groups in total. The van der Waals surface area contributed by atoms with E-state index in [1.165, 1.54) is 11.1 Å². The number of nitrogens with zero attached hydrogens (tertiary/aromatic N) is 3. The van der Waals surface area contributed by atoms with Gasteiger partial charge in [-0.2, -0.15) is 0 Å². The highest BCUT2D eigenvalue weighted by Crippen LogP contribution is 2.23. The Bertz CT molecular complexity index is 787. The van der Waals surface area contributed by atoms with Gasteiger partial charge in [0.1, 0.15) is 12.1 Å². The lowest BCUT2D eigenvalue weighted by atomic mass is 10.1. The van der Waals surface area contributed by atoms with Crippen molar-refractivity contribution in [3.63, 3.8) is 0 Å². The summed E-state index contributed by atoms with van der Waals surface area (Å²) in [4.78, 5) is 9.05. The quantitative estimate of drug-likeness (QED) is 0.802. The highest BCUT2D eigenvalue weighted by molar-refractivity contribution is 5.79. The Kier molecular flexibility index (Phi) is 3.47. The van der Waals surface area contributed by atoms with Gasteiger partial charge in [0.05, 0.1) is 11.0 Å². The highest BCUT2D eigenvalue weighted by Gasteiger charge is 2.12. The Balaban J connectivity index is 2.19. The monoisotopic (exact) mass is 280 g/mol. The van der Waals surface area contributed by atoms with Gasteiger partial charge in [0.2, 0.25) is 0 Å². The van der Waals surface area contributed by atoms with Crippen LogP contribution in [0.2, 0.25) is 0 Å². The SMILES string of the molecule is Cc1cc2ncn(-c3ncccc3CC(C)N)c2cc1C. The van der Waals surface area contributed by atoms with Crippen LogP contribution in [0.15, 0.2) is 36.8 Å². The number of aromatic nitrogens is 3. The maximum Gasteiger partial charge on any atom is 0.141 e. The van der Waals surface area contributed by atoms with Crippen molar-refractivity contribution in [3.8, 4) is 5.82 Å². The molecule has 0 amide bonds. The minimum atomic E-state index is 0.103. The molecule has 0 aliphatic heterocycles. The number of hydrogen-bond donors (Lipinski definition) is 1. The minimum absolute atomic E-state index is 0.103. The van der Waals surface area contributed by atoms with Crippen molar-refractivity contribution in [3.05, 3.63) is 53.5 Å². The molecule has 0 bridgehead atoms. The molecule has 2 heterocycles. The smallest absolute Gasteiger partial charge is 0.141 e. The molecule has 21 heavy (non-hydrogen) atoms. The Labute approximate surface area is 124 Å². The van der Waals surface area contributed by atoms with Crippen molar-refractivity contribution in [1.82, 2.24) is 14.5 Å². The molecular formula is C17H20N4. The topological polar surface area (TPSA) is 56.7 Å². The Morgan fingerprint density at radius 3 is 2.71 bits per heavy atom. The normalized spacial score (nSPS) is 12.8. The summed E-state index contributed by atoms with van der Waals surface area (Å²) >= 11 is 0. The van der Waals surface area contributed by atoms with E-state index in [-0.39, 0.29) is 6.04 Å². The van der Waals surface area contributed by atoms with Gasteiger partial charge in [0.25, 0.3) is 0 Å². The van der Waals surface area contributed by atoms with Gasteiger partial charge in [-0.1, -0.05) is 6.07 Å². The fourth-order valence-electron chi connectivity index (χ4n) is 2.59. The predicted octanol–water partition coefficient (Wildman–Crippen LogP) is 2.93. The minimum Gasteiger partial charge on any atom is -0.328 e. The molecule has 2 aromatic heterocycles. The molecule has 0 aliphatic carbocycles. The second-order valence-corrected chi connectivity index (χ2v) is 5.71. The Hall–Kier alpha value is -2.20. The second-order valence-electron chi connectivity index (χ2n) is 5.71. The molecule has 3 aromatic rings. The molecule has 0 saturated carbocycles. The van der Waals surface area contributed by atoms with Crippen LogP contribution >= 0.6 is 0 Å². The average Bonchev–Trinajstić information content (AvgIpc) is 2.82. The van der Waals surface area contributed by atoms with Gasteiger partial charge in [0, 0.05) is 12.2 Å². The van der Waals surface area contributed by atoms with E-state index in [2.05, 4.69) is 46.6 Å². The fraction of sp³-hybridized carbons (Fsp3) is 0.294. The number of fused-ring (bicyclic) bond motifs is 1. The van der Waals surface area contributed by atoms with Gasteiger partial charge < -0.3 is 5.73 Å². The van der Waals surface area contributed by atoms with Crippen LogP contribution in [0, 0.1) is 13.8 Å². The zero-order valence-corrected chi connectivity index (χ0v) is 12.7. The second kappa shape index (κ2) is 5.30. The Morgan fingerprint density at radius 2 is 1.95 bits per heavy atom. The summed E-state index contributed by atoms with van der Waals surface area (Å²) < 4.78 is 2.06. The number of aryl methyl sites for hydroxylation is 2. The predicted molar refractivity (Wildman–Crippen MR) is 85.7 cm³/mol. The van der Waals surface area contributed by atoms with E-state index in [4.69, 9.17) is 5.73 Å². The molecule has 0 saturated heterocycles. The molecule has 0 fully saturated rings. The van der Waals surface area contributed by atoms with E-state index in [0.717, 1.165) is 28.8 Å². The molecule has 0 aliphatic rings. The first-order valence-electron chi connectivity index (χ1n) is 7.20. The summed E-state index contributed by atoms with van der Waals surface area (Å²) in [5.74, 6) is 0.917. The lowest BCUT2D eigenvalue weighted by molar-refractivity contribution is 0.730. The van der Waals surface area contributed by atoms with Crippen LogP contribution in [-0.4, -0.2) is 20.6 Å². The third kappa shape index (κ3) is 2.54. The zero-order chi connectivity index (χ0) is 15.0. The summed E-state index contributed by atoms with van der Waals surface area (Å²) in [6.07, 6.45) is 4.46. The first-order chi connectivity index (χ1) is 10.1. The molecule has 0 spiro atoms. The molecule has 4 nitrogen and oxygen atoms in total. The molecule has 0 radical (unpaired) electrons. The van der Waals surface area contributed by atoms with Crippen LogP contribution in [0.3, 0.4) is 0 Å². The maximum absolute atomic E-state index is 5.95. The fourth-order valence-corrected chi connectivity index (χ4v) is 2.59. The van der Waals surface area contributed by atoms with E-state index in [0.29, 0.717) is 0 Å². The first-order valence-corrected chi connectivity index (χ1v) is 7.20. The van der Waals surface area contributed by atoms with Crippen molar-refractivity contribution < 1.29 is 0 Å². The largest absolute Gasteiger partial charge is 0.328 e. The van der Waals surface area contributed by atoms with Crippen molar-refractivity contribution >= 4 is 11.0 Å². The van der Waals surface area contributed by atoms with Crippen LogP contribution in [0.1, 0.15) is 23.6 Å². The molecular weight excluding hydrogens is 260 g/mol. The molecule has 4 heteroatoms. The Morgan fingerprint density at radius 1 is 1.19 bits per heavy atom. The molecule has 1 atom stereocenters. The number of rotatable bonds is 3. The molecule has 108 valence electrons. The number of pyridine rings is 1. The molecule has 3 rings (SSSR count). The number of imidazole rings is 1. The van der Waals surface area contributed by atoms with Crippen LogP contribution in [0.25, 0.3) is 16.9 Å². The van der Waals surface area contributed by atoms with Gasteiger partial charge in [-0.25, -0.2) is 9.97 Å². The van der Waals surface area contributed by atoms with Crippen LogP contribution in [0.5, 0.6) is 0 Å². The van der Waals surface area contributed by atoms with E-state index in [1.54, 1.807) is 0 Å². The number of hydrogen-bond acceptors (Lipinski definition) is 3. The third-order valence-corrected chi connectivity index (χ3v) is 3.80. The summed E-state index contributed by atoms with van der Waals surface area (Å²) in [7, 11) is 0. The first kappa shape index (κ1) is 13.8. The summed E-state index contributed by atoms with van der Waals surface area (Å²) in [5.41, 5.74) is 11.7. The van der Waals surface area contributed by atoms with Gasteiger partial charge in [0.15, 0.2) is 0 Å². The van der Waals surface area contributed by atoms with Gasteiger partial charge in [-0.3, -0.25) is 4.57 Å². The van der Waals surface area contributed by atoms with Crippen molar-refractivity contribution in [2.45, 2.75) is 33.2 Å². The van der Waals surface area contributed by atoms with E-state index >= 15 is 0 Å². The van der Waals surface area contributed by atoms with Crippen LogP contribution in [0.4, 0.5) is 0 Å². The summed E-state index contributed by atoms with van der Waals surface area (Å²) in [6.45, 7) is 6.24. The summed E-state index contributed by atoms with van der Waals surface area (Å²) in [5, 5.41) is 0. The number of benzene rings is 1. The van der Waals surface area contributed by atoms with Crippen LogP contribution < -0.4 is 5.73 Å². The third-order valence-electron chi connectivity index (χ3n) is 3.80. The van der Waals surface area contributed by atoms with E-state index in [1.807, 2.05) is 25.5 Å². The lowest BCUT2D eigenvalue weighted by Gasteiger charge is -2.12. The zero-order valence-electron chi connectivity index (χ0n) is 12.7. The molecule has 1 aromatic carbocycles. The van der Waals surface area contributed by atoms with E-state index in [9.17, 15) is 0 Å². The number of nitrogens with two attached hydrogens (primary N) is 1. The standard InChI is InChI=1S/C17H20N4/c1-11-7-15-16(8-12(11)2)21(10-20-15)17-14(9-13(3)18)5-4-6-19-17/h4-8,10,13H,9,18H2,1-3H3. The van der Waals surface area contributed by atoms with Crippen LogP contribution in [-0.2, 0) is 6.42 Å². The van der Waals surface area contributed by atoms with Crippen molar-refractivity contribution in [2.75, 3.05) is 0 Å². The van der Waals surface area contributed by atoms with Gasteiger partial charge >= 0.3 is 0 Å². The summed E-state index contributed by atoms with van der Waals surface area (Å²) in [6, 6.07) is 8.43. The van der Waals surface area contributed by atoms with E-state index < -0.39 is 0 Å². The van der Waals surface area contributed by atoms with Crippen molar-refractivity contribution in [1.29, 1.82) is 0 Å². The van der Waals surface area contributed by atoms with Gasteiger partial charge in [-0.15, -0.1) is 0 Å². The molecule has 1 unspecified atom stereocenters. The highest BCUT2D eigenvalue weighted by atomic mass is 15.1. The lowest BCUT2D eigenvalue weighted by Crippen LogP contribution is -2.19.